The van der Waals surface area contributed by atoms with E-state index in [2.05, 4.69) is 118 Å². The van der Waals surface area contributed by atoms with E-state index in [4.69, 9.17) is 0 Å². The zero-order valence-corrected chi connectivity index (χ0v) is 26.3. The maximum Gasteiger partial charge on any atom is 0.123 e. The van der Waals surface area contributed by atoms with Crippen molar-refractivity contribution < 1.29 is 27.3 Å². The van der Waals surface area contributed by atoms with Crippen LogP contribution in [0, 0.1) is 0 Å². The van der Waals surface area contributed by atoms with Crippen molar-refractivity contribution in [2.24, 2.45) is 0 Å². The largest absolute Gasteiger partial charge is 0.507 e. The van der Waals surface area contributed by atoms with Gasteiger partial charge in [0, 0.05) is 54.4 Å². The molecule has 0 fully saturated rings. The van der Waals surface area contributed by atoms with Crippen LogP contribution in [-0.4, -0.2) is 23.3 Å². The zero-order chi connectivity index (χ0) is 27.7. The summed E-state index contributed by atoms with van der Waals surface area (Å²) in [6.45, 7) is 28.9. The molecule has 0 aliphatic carbocycles. The van der Waals surface area contributed by atoms with Crippen LogP contribution in [0.3, 0.4) is 0 Å². The van der Waals surface area contributed by atoms with E-state index < -0.39 is 0 Å². The van der Waals surface area contributed by atoms with Crippen LogP contribution in [0.5, 0.6) is 11.5 Å². The summed E-state index contributed by atoms with van der Waals surface area (Å²) in [6.07, 6.45) is 0. The summed E-state index contributed by atoms with van der Waals surface area (Å²) in [5.41, 5.74) is 6.12. The molecule has 0 atom stereocenters. The van der Waals surface area contributed by atoms with E-state index in [0.717, 1.165) is 35.3 Å². The number of hydrogen-bond acceptors (Lipinski definition) is 4. The Labute approximate surface area is 237 Å². The molecule has 0 unspecified atom stereocenters. The third kappa shape index (κ3) is 9.03. The van der Waals surface area contributed by atoms with Crippen LogP contribution in [0.2, 0.25) is 0 Å². The van der Waals surface area contributed by atoms with Gasteiger partial charge in [0.25, 0.3) is 0 Å². The van der Waals surface area contributed by atoms with Crippen molar-refractivity contribution in [1.29, 1.82) is 0 Å². The Morgan fingerprint density at radius 2 is 0.811 bits per heavy atom. The summed E-state index contributed by atoms with van der Waals surface area (Å²) in [5, 5.41) is 29.0. The molecule has 2 aromatic carbocycles. The molecule has 4 nitrogen and oxygen atoms in total. The molecule has 0 spiro atoms. The van der Waals surface area contributed by atoms with Crippen molar-refractivity contribution in [3.8, 4) is 11.5 Å². The van der Waals surface area contributed by atoms with Gasteiger partial charge in [-0.3, -0.25) is 0 Å². The van der Waals surface area contributed by atoms with Crippen molar-refractivity contribution in [3.63, 3.8) is 0 Å². The molecular formula is C32H52CuN2O2. The second kappa shape index (κ2) is 12.1. The molecule has 0 saturated heterocycles. The normalized spacial score (nSPS) is 13.0. The SMILES string of the molecule is CC(C)(C)c1cc(CNCCNCc2cc(C(C)(C)C)cc(C(C)(C)C)c2O)c(O)c(C(C)(C)C)c1.[Cu]. The van der Waals surface area contributed by atoms with Gasteiger partial charge in [-0.25, -0.2) is 0 Å². The van der Waals surface area contributed by atoms with Gasteiger partial charge in [-0.2, -0.15) is 0 Å². The number of hydrogen-bond donors (Lipinski definition) is 4. The average Bonchev–Trinajstić information content (AvgIpc) is 2.69. The van der Waals surface area contributed by atoms with E-state index in [1.165, 1.54) is 11.1 Å². The van der Waals surface area contributed by atoms with Crippen molar-refractivity contribution in [3.05, 3.63) is 57.6 Å². The van der Waals surface area contributed by atoms with Crippen molar-refractivity contribution in [2.75, 3.05) is 13.1 Å². The second-order valence-electron chi connectivity index (χ2n) is 14.4. The summed E-state index contributed by atoms with van der Waals surface area (Å²) < 4.78 is 0. The molecule has 213 valence electrons. The van der Waals surface area contributed by atoms with E-state index in [1.54, 1.807) is 0 Å². The van der Waals surface area contributed by atoms with Crippen molar-refractivity contribution >= 4 is 0 Å². The first kappa shape index (κ1) is 33.5. The molecule has 2 rings (SSSR count). The molecule has 4 N–H and O–H groups in total. The predicted molar refractivity (Wildman–Crippen MR) is 154 cm³/mol. The van der Waals surface area contributed by atoms with Crippen LogP contribution in [0.15, 0.2) is 24.3 Å². The zero-order valence-electron chi connectivity index (χ0n) is 25.3. The van der Waals surface area contributed by atoms with Crippen LogP contribution in [0.25, 0.3) is 0 Å². The van der Waals surface area contributed by atoms with E-state index in [9.17, 15) is 10.2 Å². The Kier molecular flexibility index (Phi) is 11.0. The van der Waals surface area contributed by atoms with E-state index in [1.807, 2.05) is 0 Å². The number of nitrogens with one attached hydrogen (secondary N) is 2. The minimum atomic E-state index is -0.128. The Hall–Kier alpha value is -1.52. The molecule has 5 heteroatoms. The third-order valence-electron chi connectivity index (χ3n) is 6.84. The van der Waals surface area contributed by atoms with Crippen LogP contribution in [0.4, 0.5) is 0 Å². The van der Waals surface area contributed by atoms with E-state index >= 15 is 0 Å². The van der Waals surface area contributed by atoms with Gasteiger partial charge >= 0.3 is 0 Å². The van der Waals surface area contributed by atoms with Crippen LogP contribution >= 0.6 is 0 Å². The summed E-state index contributed by atoms with van der Waals surface area (Å²) in [7, 11) is 0. The minimum Gasteiger partial charge on any atom is -0.507 e. The van der Waals surface area contributed by atoms with Gasteiger partial charge in [0.15, 0.2) is 0 Å². The molecule has 37 heavy (non-hydrogen) atoms. The molecular weight excluding hydrogens is 508 g/mol. The predicted octanol–water partition coefficient (Wildman–Crippen LogP) is 7.16. The fraction of sp³-hybridized carbons (Fsp3) is 0.625. The molecule has 0 aliphatic heterocycles. The number of aromatic hydroxyl groups is 2. The molecule has 1 radical (unpaired) electrons. The molecule has 0 bridgehead atoms. The van der Waals surface area contributed by atoms with Crippen molar-refractivity contribution in [2.45, 2.75) is 118 Å². The van der Waals surface area contributed by atoms with Gasteiger partial charge in [0.05, 0.1) is 0 Å². The maximum absolute atomic E-state index is 11.0. The van der Waals surface area contributed by atoms with Gasteiger partial charge < -0.3 is 20.8 Å². The van der Waals surface area contributed by atoms with Gasteiger partial charge in [0.2, 0.25) is 0 Å². The second-order valence-corrected chi connectivity index (χ2v) is 14.4. The van der Waals surface area contributed by atoms with Gasteiger partial charge in [-0.1, -0.05) is 107 Å². The smallest absolute Gasteiger partial charge is 0.123 e. The Bertz CT molecular complexity index is 963. The molecule has 0 amide bonds. The first-order chi connectivity index (χ1) is 16.2. The summed E-state index contributed by atoms with van der Waals surface area (Å²) >= 11 is 0. The number of rotatable bonds is 7. The van der Waals surface area contributed by atoms with Gasteiger partial charge in [0.1, 0.15) is 11.5 Å². The molecule has 0 saturated carbocycles. The standard InChI is InChI=1S/C32H52N2O2.Cu/c1-29(2,3)23-15-21(27(35)25(17-23)31(7,8)9)19-33-13-14-34-20-22-16-24(30(4,5)6)18-26(28(22)36)32(10,11)12;/h15-18,33-36H,13-14,19-20H2,1-12H3;. The van der Waals surface area contributed by atoms with Crippen molar-refractivity contribution in [1.82, 2.24) is 10.6 Å². The van der Waals surface area contributed by atoms with Crippen LogP contribution in [-0.2, 0) is 51.8 Å². The van der Waals surface area contributed by atoms with E-state index in [0.29, 0.717) is 24.6 Å². The molecule has 2 aromatic rings. The molecule has 0 aliphatic rings. The quantitative estimate of drug-likeness (QED) is 0.214. The first-order valence-electron chi connectivity index (χ1n) is 13.4. The van der Waals surface area contributed by atoms with Gasteiger partial charge in [-0.15, -0.1) is 0 Å². The van der Waals surface area contributed by atoms with Crippen LogP contribution in [0.1, 0.15) is 116 Å². The Morgan fingerprint density at radius 3 is 1.05 bits per heavy atom. The summed E-state index contributed by atoms with van der Waals surface area (Å²) in [6, 6.07) is 8.58. The number of phenols is 2. The van der Waals surface area contributed by atoms with Gasteiger partial charge in [-0.05, 0) is 43.9 Å². The Balaban J connectivity index is 0.00000684. The fourth-order valence-corrected chi connectivity index (χ4v) is 4.29. The number of phenolic OH excluding ortho intramolecular Hbond substituents is 2. The summed E-state index contributed by atoms with van der Waals surface area (Å²) in [5.74, 6) is 0.796. The van der Waals surface area contributed by atoms with Crippen LogP contribution < -0.4 is 10.6 Å². The monoisotopic (exact) mass is 559 g/mol. The summed E-state index contributed by atoms with van der Waals surface area (Å²) in [4.78, 5) is 0. The Morgan fingerprint density at radius 1 is 0.514 bits per heavy atom. The minimum absolute atomic E-state index is 0. The number of benzene rings is 2. The first-order valence-corrected chi connectivity index (χ1v) is 13.4. The fourth-order valence-electron chi connectivity index (χ4n) is 4.29. The molecule has 0 aromatic heterocycles. The molecule has 0 heterocycles. The average molecular weight is 560 g/mol. The topological polar surface area (TPSA) is 64.5 Å². The maximum atomic E-state index is 11.0. The van der Waals surface area contributed by atoms with E-state index in [-0.39, 0.29) is 38.7 Å². The third-order valence-corrected chi connectivity index (χ3v) is 6.84.